The summed E-state index contributed by atoms with van der Waals surface area (Å²) in [5.74, 6) is 0. The molecule has 0 aliphatic carbocycles. The maximum Gasteiger partial charge on any atom is 0.128 e. The quantitative estimate of drug-likeness (QED) is 0.306. The van der Waals surface area contributed by atoms with Crippen molar-refractivity contribution in [3.8, 4) is 0 Å². The number of hydroxylamine groups is 3. The van der Waals surface area contributed by atoms with Crippen molar-refractivity contribution in [2.75, 3.05) is 0 Å². The summed E-state index contributed by atoms with van der Waals surface area (Å²) >= 11 is 0. The van der Waals surface area contributed by atoms with Gasteiger partial charge in [-0.2, -0.15) is 5.48 Å². The lowest BCUT2D eigenvalue weighted by Crippen LogP contribution is -2.44. The first kappa shape index (κ1) is 8.80. The topological polar surface area (TPSA) is 76.0 Å². The smallest absolute Gasteiger partial charge is 0.128 e. The molecule has 2 atom stereocenters. The van der Waals surface area contributed by atoms with Crippen LogP contribution in [0.1, 0.15) is 13.8 Å². The third kappa shape index (κ3) is 2.73. The van der Waals surface area contributed by atoms with Crippen molar-refractivity contribution in [3.63, 3.8) is 0 Å². The first-order valence-corrected chi connectivity index (χ1v) is 2.64. The van der Waals surface area contributed by atoms with Gasteiger partial charge in [-0.1, -0.05) is 0 Å². The van der Waals surface area contributed by atoms with E-state index < -0.39 is 12.4 Å². The van der Waals surface area contributed by atoms with Crippen LogP contribution in [0.5, 0.6) is 0 Å². The molecule has 4 N–H and O–H groups in total. The van der Waals surface area contributed by atoms with Gasteiger partial charge in [0, 0.05) is 0 Å². The van der Waals surface area contributed by atoms with Gasteiger partial charge in [-0.25, -0.2) is 0 Å². The average Bonchev–Trinajstić information content (AvgIpc) is 1.84. The van der Waals surface area contributed by atoms with E-state index in [-0.39, 0.29) is 0 Å². The Morgan fingerprint density at radius 3 is 2.00 bits per heavy atom. The molecule has 0 heterocycles. The Morgan fingerprint density at radius 2 is 1.89 bits per heavy atom. The summed E-state index contributed by atoms with van der Waals surface area (Å²) < 4.78 is 0. The van der Waals surface area contributed by atoms with Gasteiger partial charge in [0.1, 0.15) is 12.4 Å². The second-order valence-corrected chi connectivity index (χ2v) is 1.82. The summed E-state index contributed by atoms with van der Waals surface area (Å²) in [6.45, 7) is 2.88. The van der Waals surface area contributed by atoms with Gasteiger partial charge in [-0.15, -0.1) is 5.06 Å². The normalized spacial score (nSPS) is 18.0. The van der Waals surface area contributed by atoms with Crippen molar-refractivity contribution >= 4 is 0 Å². The third-order valence-corrected chi connectivity index (χ3v) is 0.966. The molecule has 5 nitrogen and oxygen atoms in total. The number of hydrogen-bond donors (Lipinski definition) is 4. The standard InChI is InChI=1S/C4H12N2O3/c1-3(5-8)6(9)4(2)7/h3-5,7-9H,1-2H3. The molecule has 2 unspecified atom stereocenters. The number of rotatable bonds is 3. The Kier molecular flexibility index (Phi) is 3.67. The molecule has 0 radical (unpaired) electrons. The lowest BCUT2D eigenvalue weighted by molar-refractivity contribution is -0.233. The Morgan fingerprint density at radius 1 is 1.44 bits per heavy atom. The van der Waals surface area contributed by atoms with E-state index >= 15 is 0 Å². The number of aliphatic hydroxyl groups is 1. The molecular weight excluding hydrogens is 124 g/mol. The first-order chi connectivity index (χ1) is 4.09. The SMILES string of the molecule is CC(O)N(O)C(C)NO. The maximum atomic E-state index is 8.76. The highest BCUT2D eigenvalue weighted by molar-refractivity contribution is 4.48. The second-order valence-electron chi connectivity index (χ2n) is 1.82. The van der Waals surface area contributed by atoms with Gasteiger partial charge in [-0.05, 0) is 13.8 Å². The summed E-state index contributed by atoms with van der Waals surface area (Å²) in [4.78, 5) is 0. The molecule has 5 heteroatoms. The highest BCUT2D eigenvalue weighted by atomic mass is 16.6. The van der Waals surface area contributed by atoms with Gasteiger partial charge in [0.05, 0.1) is 0 Å². The van der Waals surface area contributed by atoms with E-state index in [0.29, 0.717) is 5.06 Å². The minimum absolute atomic E-state index is 0.583. The van der Waals surface area contributed by atoms with Crippen LogP contribution in [0.15, 0.2) is 0 Å². The van der Waals surface area contributed by atoms with E-state index in [1.807, 2.05) is 0 Å². The predicted octanol–water partition coefficient (Wildman–Crippen LogP) is -0.659. The third-order valence-electron chi connectivity index (χ3n) is 0.966. The molecular formula is C4H12N2O3. The highest BCUT2D eigenvalue weighted by Gasteiger charge is 2.13. The molecule has 0 rings (SSSR count). The Hall–Kier alpha value is -0.200. The number of hydrogen-bond acceptors (Lipinski definition) is 5. The summed E-state index contributed by atoms with van der Waals surface area (Å²) in [7, 11) is 0. The Balaban J connectivity index is 3.58. The van der Waals surface area contributed by atoms with Crippen LogP contribution in [0.4, 0.5) is 0 Å². The van der Waals surface area contributed by atoms with Crippen LogP contribution in [0.25, 0.3) is 0 Å². The molecule has 0 spiro atoms. The number of nitrogens with zero attached hydrogens (tertiary/aromatic N) is 1. The fourth-order valence-corrected chi connectivity index (χ4v) is 0.383. The van der Waals surface area contributed by atoms with E-state index in [1.165, 1.54) is 13.8 Å². The summed E-state index contributed by atoms with van der Waals surface area (Å²) in [5.41, 5.74) is 1.76. The molecule has 0 aromatic heterocycles. The zero-order valence-electron chi connectivity index (χ0n) is 5.44. The molecule has 0 fully saturated rings. The van der Waals surface area contributed by atoms with Crippen molar-refractivity contribution in [2.45, 2.75) is 26.2 Å². The highest BCUT2D eigenvalue weighted by Crippen LogP contribution is 1.93. The van der Waals surface area contributed by atoms with Crippen LogP contribution in [0.3, 0.4) is 0 Å². The van der Waals surface area contributed by atoms with Crippen LogP contribution >= 0.6 is 0 Å². The zero-order valence-corrected chi connectivity index (χ0v) is 5.44. The van der Waals surface area contributed by atoms with Crippen LogP contribution < -0.4 is 5.48 Å². The molecule has 0 aliphatic heterocycles. The fraction of sp³-hybridized carbons (Fsp3) is 1.00. The van der Waals surface area contributed by atoms with Crippen molar-refractivity contribution in [3.05, 3.63) is 0 Å². The fourth-order valence-electron chi connectivity index (χ4n) is 0.383. The number of aliphatic hydroxyl groups excluding tert-OH is 1. The molecule has 0 saturated heterocycles. The van der Waals surface area contributed by atoms with E-state index in [4.69, 9.17) is 15.5 Å². The molecule has 0 amide bonds. The molecule has 0 saturated carbocycles. The molecule has 56 valence electrons. The van der Waals surface area contributed by atoms with Crippen molar-refractivity contribution < 1.29 is 15.5 Å². The van der Waals surface area contributed by atoms with Crippen LogP contribution in [-0.4, -0.2) is 33.0 Å². The van der Waals surface area contributed by atoms with Crippen molar-refractivity contribution in [2.24, 2.45) is 0 Å². The van der Waals surface area contributed by atoms with E-state index in [0.717, 1.165) is 0 Å². The van der Waals surface area contributed by atoms with E-state index in [2.05, 4.69) is 0 Å². The van der Waals surface area contributed by atoms with Gasteiger partial charge in [0.15, 0.2) is 0 Å². The summed E-state index contributed by atoms with van der Waals surface area (Å²) in [6.07, 6.45) is -1.65. The minimum Gasteiger partial charge on any atom is -0.376 e. The van der Waals surface area contributed by atoms with Crippen LogP contribution in [0, 0.1) is 0 Å². The van der Waals surface area contributed by atoms with Crippen LogP contribution in [0.2, 0.25) is 0 Å². The molecule has 0 aliphatic rings. The summed E-state index contributed by atoms with van der Waals surface area (Å²) in [5, 5.41) is 26.2. The second kappa shape index (κ2) is 3.76. The monoisotopic (exact) mass is 136 g/mol. The van der Waals surface area contributed by atoms with Crippen molar-refractivity contribution in [1.82, 2.24) is 10.5 Å². The van der Waals surface area contributed by atoms with E-state index in [1.54, 1.807) is 5.48 Å². The lowest BCUT2D eigenvalue weighted by atomic mass is 10.5. The first-order valence-electron chi connectivity index (χ1n) is 2.64. The minimum atomic E-state index is -0.986. The maximum absolute atomic E-state index is 8.76. The Labute approximate surface area is 53.4 Å². The lowest BCUT2D eigenvalue weighted by Gasteiger charge is -2.22. The summed E-state index contributed by atoms with van der Waals surface area (Å²) in [6, 6.07) is 0. The van der Waals surface area contributed by atoms with Gasteiger partial charge in [0.2, 0.25) is 0 Å². The average molecular weight is 136 g/mol. The zero-order chi connectivity index (χ0) is 7.44. The van der Waals surface area contributed by atoms with Gasteiger partial charge < -0.3 is 15.5 Å². The Bertz CT molecular complexity index is 78.2. The van der Waals surface area contributed by atoms with Gasteiger partial charge >= 0.3 is 0 Å². The molecule has 0 bridgehead atoms. The van der Waals surface area contributed by atoms with Crippen molar-refractivity contribution in [1.29, 1.82) is 0 Å². The largest absolute Gasteiger partial charge is 0.376 e. The van der Waals surface area contributed by atoms with Gasteiger partial charge in [0.25, 0.3) is 0 Å². The van der Waals surface area contributed by atoms with Crippen LogP contribution in [-0.2, 0) is 0 Å². The predicted molar refractivity (Wildman–Crippen MR) is 29.7 cm³/mol. The molecule has 0 aromatic rings. The van der Waals surface area contributed by atoms with Gasteiger partial charge in [-0.3, -0.25) is 0 Å². The number of nitrogens with one attached hydrogen (secondary N) is 1. The van der Waals surface area contributed by atoms with E-state index in [9.17, 15) is 0 Å². The molecule has 0 aromatic carbocycles. The molecule has 9 heavy (non-hydrogen) atoms.